The van der Waals surface area contributed by atoms with Crippen molar-refractivity contribution in [3.05, 3.63) is 57.4 Å². The Bertz CT molecular complexity index is 1240. The highest BCUT2D eigenvalue weighted by molar-refractivity contribution is 5.82. The van der Waals surface area contributed by atoms with E-state index in [0.29, 0.717) is 66.5 Å². The summed E-state index contributed by atoms with van der Waals surface area (Å²) in [6.07, 6.45) is 3.64. The summed E-state index contributed by atoms with van der Waals surface area (Å²) in [4.78, 5) is 23.5. The van der Waals surface area contributed by atoms with Gasteiger partial charge in [0.05, 0.1) is 32.1 Å². The van der Waals surface area contributed by atoms with Crippen LogP contribution in [0.5, 0.6) is 23.0 Å². The molecule has 8 heteroatoms. The second-order valence-electron chi connectivity index (χ2n) is 8.53. The summed E-state index contributed by atoms with van der Waals surface area (Å²) in [7, 11) is 1.52. The van der Waals surface area contributed by atoms with Crippen molar-refractivity contribution in [2.45, 2.75) is 58.8 Å². The molecule has 36 heavy (non-hydrogen) atoms. The van der Waals surface area contributed by atoms with Gasteiger partial charge < -0.3 is 28.8 Å². The first-order valence-electron chi connectivity index (χ1n) is 12.3. The summed E-state index contributed by atoms with van der Waals surface area (Å²) in [6, 6.07) is 8.32. The number of fused-ring (bicyclic) bond motifs is 1. The highest BCUT2D eigenvalue weighted by atomic mass is 16.5. The lowest BCUT2D eigenvalue weighted by Gasteiger charge is -2.16. The van der Waals surface area contributed by atoms with Crippen LogP contribution in [0.15, 0.2) is 39.5 Å². The average Bonchev–Trinajstić information content (AvgIpc) is 2.85. The van der Waals surface area contributed by atoms with E-state index in [0.717, 1.165) is 24.0 Å². The Morgan fingerprint density at radius 3 is 2.17 bits per heavy atom. The number of phenols is 1. The van der Waals surface area contributed by atoms with Crippen LogP contribution in [0.2, 0.25) is 0 Å². The zero-order chi connectivity index (χ0) is 26.1. The molecule has 194 valence electrons. The van der Waals surface area contributed by atoms with Crippen molar-refractivity contribution < 1.29 is 33.6 Å². The Kier molecular flexibility index (Phi) is 9.61. The molecule has 3 rings (SSSR count). The van der Waals surface area contributed by atoms with Crippen LogP contribution in [0, 0.1) is 0 Å². The summed E-state index contributed by atoms with van der Waals surface area (Å²) < 4.78 is 23.1. The fourth-order valence-electron chi connectivity index (χ4n) is 4.09. The van der Waals surface area contributed by atoms with Crippen LogP contribution in [-0.4, -0.2) is 36.5 Å². The predicted molar refractivity (Wildman–Crippen MR) is 137 cm³/mol. The maximum Gasteiger partial charge on any atom is 0.303 e. The zero-order valence-corrected chi connectivity index (χ0v) is 21.1. The molecule has 1 heterocycles. The van der Waals surface area contributed by atoms with Crippen LogP contribution in [0.1, 0.15) is 56.4 Å². The topological polar surface area (TPSA) is 115 Å². The quantitative estimate of drug-likeness (QED) is 0.289. The van der Waals surface area contributed by atoms with Crippen LogP contribution >= 0.6 is 0 Å². The molecule has 0 atom stereocenters. The van der Waals surface area contributed by atoms with Gasteiger partial charge >= 0.3 is 5.97 Å². The number of methoxy groups -OCH3 is 1. The fourth-order valence-corrected chi connectivity index (χ4v) is 4.09. The van der Waals surface area contributed by atoms with Crippen molar-refractivity contribution in [3.8, 4) is 23.0 Å². The van der Waals surface area contributed by atoms with Crippen LogP contribution in [0.4, 0.5) is 0 Å². The van der Waals surface area contributed by atoms with Crippen LogP contribution in [0.25, 0.3) is 11.0 Å². The van der Waals surface area contributed by atoms with Gasteiger partial charge in [0.25, 0.3) is 0 Å². The summed E-state index contributed by atoms with van der Waals surface area (Å²) >= 11 is 0. The molecule has 1 aromatic heterocycles. The number of hydrogen-bond donors (Lipinski definition) is 2. The highest BCUT2D eigenvalue weighted by Crippen LogP contribution is 2.37. The molecule has 2 N–H and O–H groups in total. The van der Waals surface area contributed by atoms with E-state index in [1.807, 2.05) is 13.8 Å². The summed E-state index contributed by atoms with van der Waals surface area (Å²) in [5.74, 6) is 1.20. The van der Waals surface area contributed by atoms with E-state index < -0.39 is 5.97 Å². The molecule has 0 bridgehead atoms. The van der Waals surface area contributed by atoms with E-state index in [1.165, 1.54) is 13.2 Å². The molecule has 8 nitrogen and oxygen atoms in total. The maximum absolute atomic E-state index is 12.6. The largest absolute Gasteiger partial charge is 0.504 e. The van der Waals surface area contributed by atoms with Gasteiger partial charge in [-0.3, -0.25) is 9.59 Å². The van der Waals surface area contributed by atoms with Crippen molar-refractivity contribution in [2.75, 3.05) is 20.3 Å². The molecule has 0 amide bonds. The van der Waals surface area contributed by atoms with Crippen molar-refractivity contribution in [1.29, 1.82) is 0 Å². The SMILES string of the molecule is CCCc1c(OCCCOc2ccc3c(=O)cc(CCC(=O)O)oc3c2CCC)ccc(OC)c1O. The van der Waals surface area contributed by atoms with E-state index in [1.54, 1.807) is 24.3 Å². The van der Waals surface area contributed by atoms with E-state index in [4.69, 9.17) is 23.7 Å². The molecule has 0 saturated carbocycles. The number of aromatic hydroxyl groups is 1. The van der Waals surface area contributed by atoms with E-state index in [2.05, 4.69) is 0 Å². The first kappa shape index (κ1) is 26.9. The molecule has 0 radical (unpaired) electrons. The van der Waals surface area contributed by atoms with Crippen molar-refractivity contribution in [1.82, 2.24) is 0 Å². The van der Waals surface area contributed by atoms with Crippen molar-refractivity contribution >= 4 is 16.9 Å². The van der Waals surface area contributed by atoms with Gasteiger partial charge in [-0.05, 0) is 37.1 Å². The van der Waals surface area contributed by atoms with Gasteiger partial charge in [-0.1, -0.05) is 26.7 Å². The predicted octanol–water partition coefficient (Wildman–Crippen LogP) is 5.28. The number of hydrogen-bond acceptors (Lipinski definition) is 7. The van der Waals surface area contributed by atoms with Gasteiger partial charge in [0, 0.05) is 30.0 Å². The normalized spacial score (nSPS) is 11.0. The molecule has 0 aliphatic heterocycles. The van der Waals surface area contributed by atoms with Crippen molar-refractivity contribution in [3.63, 3.8) is 0 Å². The number of phenolic OH excluding ortho intramolecular Hbond substituents is 1. The number of carboxylic acids is 1. The molecular weight excluding hydrogens is 464 g/mol. The molecule has 0 spiro atoms. The minimum atomic E-state index is -0.947. The molecule has 0 fully saturated rings. The number of benzene rings is 2. The Balaban J connectivity index is 1.71. The standard InChI is InChI=1S/C28H34O8/c1-4-7-20-23(12-13-25(33-3)27(20)32)34-15-6-16-35-24-11-10-19-22(29)17-18(9-14-26(30)31)36-28(19)21(24)8-5-2/h10-13,17,32H,4-9,14-16H2,1-3H3,(H,30,31). The van der Waals surface area contributed by atoms with Crippen molar-refractivity contribution in [2.24, 2.45) is 0 Å². The van der Waals surface area contributed by atoms with Gasteiger partial charge in [-0.2, -0.15) is 0 Å². The molecule has 0 aliphatic rings. The third kappa shape index (κ3) is 6.50. The molecule has 3 aromatic rings. The minimum absolute atomic E-state index is 0.109. The number of carbonyl (C=O) groups is 1. The number of rotatable bonds is 14. The van der Waals surface area contributed by atoms with E-state index in [-0.39, 0.29) is 24.0 Å². The van der Waals surface area contributed by atoms with E-state index in [9.17, 15) is 14.7 Å². The maximum atomic E-state index is 12.6. The summed E-state index contributed by atoms with van der Waals surface area (Å²) in [6.45, 7) is 4.84. The Morgan fingerprint density at radius 1 is 0.917 bits per heavy atom. The molecule has 0 saturated heterocycles. The molecular formula is C28H34O8. The second kappa shape index (κ2) is 12.9. The number of aryl methyl sites for hydroxylation is 2. The van der Waals surface area contributed by atoms with Gasteiger partial charge in [-0.25, -0.2) is 0 Å². The average molecular weight is 499 g/mol. The first-order valence-corrected chi connectivity index (χ1v) is 12.3. The summed E-state index contributed by atoms with van der Waals surface area (Å²) in [5.41, 5.74) is 1.79. The first-order chi connectivity index (χ1) is 17.4. The number of aliphatic carboxylic acids is 1. The highest BCUT2D eigenvalue weighted by Gasteiger charge is 2.16. The lowest BCUT2D eigenvalue weighted by Crippen LogP contribution is -2.09. The van der Waals surface area contributed by atoms with E-state index >= 15 is 0 Å². The van der Waals surface area contributed by atoms with Gasteiger partial charge in [-0.15, -0.1) is 0 Å². The lowest BCUT2D eigenvalue weighted by molar-refractivity contribution is -0.137. The Morgan fingerprint density at radius 2 is 1.53 bits per heavy atom. The fraction of sp³-hybridized carbons (Fsp3) is 0.429. The van der Waals surface area contributed by atoms with Crippen LogP contribution in [0.3, 0.4) is 0 Å². The number of carboxylic acid groups (broad SMARTS) is 1. The third-order valence-corrected chi connectivity index (χ3v) is 5.82. The molecule has 0 aliphatic carbocycles. The van der Waals surface area contributed by atoms with Crippen LogP contribution in [-0.2, 0) is 24.1 Å². The summed E-state index contributed by atoms with van der Waals surface area (Å²) in [5, 5.41) is 19.8. The number of ether oxygens (including phenoxy) is 3. The van der Waals surface area contributed by atoms with Gasteiger partial charge in [0.2, 0.25) is 0 Å². The molecule has 0 unspecified atom stereocenters. The van der Waals surface area contributed by atoms with Gasteiger partial charge in [0.1, 0.15) is 22.8 Å². The Labute approximate surface area is 210 Å². The Hall–Kier alpha value is -3.68. The van der Waals surface area contributed by atoms with Gasteiger partial charge in [0.15, 0.2) is 16.9 Å². The minimum Gasteiger partial charge on any atom is -0.504 e. The smallest absolute Gasteiger partial charge is 0.303 e. The monoisotopic (exact) mass is 498 g/mol. The molecule has 2 aromatic carbocycles. The zero-order valence-electron chi connectivity index (χ0n) is 21.1. The third-order valence-electron chi connectivity index (χ3n) is 5.82. The van der Waals surface area contributed by atoms with Crippen LogP contribution < -0.4 is 19.6 Å². The second-order valence-corrected chi connectivity index (χ2v) is 8.53. The lowest BCUT2D eigenvalue weighted by atomic mass is 10.0.